The third-order valence-corrected chi connectivity index (χ3v) is 1.63. The summed E-state index contributed by atoms with van der Waals surface area (Å²) < 4.78 is 5.18. The molecule has 0 radical (unpaired) electrons. The minimum Gasteiger partial charge on any atom is -0.478 e. The van der Waals surface area contributed by atoms with Crippen molar-refractivity contribution in [1.29, 1.82) is 0 Å². The van der Waals surface area contributed by atoms with Gasteiger partial charge in [-0.1, -0.05) is 5.16 Å². The third kappa shape index (κ3) is 3.72. The van der Waals surface area contributed by atoms with E-state index in [9.17, 15) is 0 Å². The molecular formula is C9H14N4O2. The number of amidine groups is 1. The van der Waals surface area contributed by atoms with Crippen LogP contribution in [0.4, 0.5) is 5.69 Å². The second-order valence-electron chi connectivity index (χ2n) is 2.76. The Hall–Kier alpha value is -1.98. The summed E-state index contributed by atoms with van der Waals surface area (Å²) >= 11 is 0. The standard InChI is InChI=1S/C9H14N4O2/c1-2-15-9-4-3-7(5-12-9)11-6-8(10)13-14/h3-5,11,14H,2,6H2,1H3,(H2,10,13). The van der Waals surface area contributed by atoms with Gasteiger partial charge in [-0.2, -0.15) is 0 Å². The fraction of sp³-hybridized carbons (Fsp3) is 0.333. The zero-order valence-corrected chi connectivity index (χ0v) is 8.47. The van der Waals surface area contributed by atoms with Crippen molar-refractivity contribution in [3.05, 3.63) is 18.3 Å². The molecule has 0 saturated carbocycles. The van der Waals surface area contributed by atoms with Crippen LogP contribution in [0.1, 0.15) is 6.92 Å². The molecule has 0 aliphatic heterocycles. The van der Waals surface area contributed by atoms with E-state index < -0.39 is 0 Å². The van der Waals surface area contributed by atoms with Crippen LogP contribution in [0, 0.1) is 0 Å². The molecule has 4 N–H and O–H groups in total. The number of ether oxygens (including phenoxy) is 1. The molecule has 1 rings (SSSR count). The Morgan fingerprint density at radius 1 is 1.67 bits per heavy atom. The summed E-state index contributed by atoms with van der Waals surface area (Å²) in [5.41, 5.74) is 6.07. The zero-order chi connectivity index (χ0) is 11.1. The molecule has 6 heteroatoms. The number of anilines is 1. The van der Waals surface area contributed by atoms with Gasteiger partial charge < -0.3 is 21.0 Å². The maximum atomic E-state index is 8.31. The van der Waals surface area contributed by atoms with E-state index in [1.165, 1.54) is 0 Å². The lowest BCUT2D eigenvalue weighted by molar-refractivity contribution is 0.317. The van der Waals surface area contributed by atoms with Gasteiger partial charge in [0.25, 0.3) is 0 Å². The minimum absolute atomic E-state index is 0.115. The molecule has 0 fully saturated rings. The fourth-order valence-electron chi connectivity index (χ4n) is 0.946. The predicted molar refractivity (Wildman–Crippen MR) is 57.3 cm³/mol. The number of nitrogens with zero attached hydrogens (tertiary/aromatic N) is 2. The molecule has 0 saturated heterocycles. The van der Waals surface area contributed by atoms with Gasteiger partial charge in [0, 0.05) is 6.07 Å². The molecule has 82 valence electrons. The van der Waals surface area contributed by atoms with Crippen LogP contribution >= 0.6 is 0 Å². The van der Waals surface area contributed by atoms with E-state index in [4.69, 9.17) is 15.7 Å². The van der Waals surface area contributed by atoms with Crippen molar-refractivity contribution < 1.29 is 9.94 Å². The first-order valence-electron chi connectivity index (χ1n) is 4.55. The van der Waals surface area contributed by atoms with E-state index >= 15 is 0 Å². The van der Waals surface area contributed by atoms with Crippen molar-refractivity contribution in [2.75, 3.05) is 18.5 Å². The van der Waals surface area contributed by atoms with Crippen LogP contribution in [0.15, 0.2) is 23.5 Å². The highest BCUT2D eigenvalue weighted by Crippen LogP contribution is 2.10. The molecule has 1 aromatic heterocycles. The van der Waals surface area contributed by atoms with Crippen molar-refractivity contribution in [2.24, 2.45) is 10.9 Å². The zero-order valence-electron chi connectivity index (χ0n) is 8.47. The molecule has 1 heterocycles. The van der Waals surface area contributed by atoms with Crippen LogP contribution in [-0.4, -0.2) is 29.2 Å². The van der Waals surface area contributed by atoms with Crippen LogP contribution < -0.4 is 15.8 Å². The topological polar surface area (TPSA) is 92.8 Å². The quantitative estimate of drug-likeness (QED) is 0.287. The Balaban J connectivity index is 2.49. The second kappa shape index (κ2) is 5.69. The van der Waals surface area contributed by atoms with Crippen molar-refractivity contribution >= 4 is 11.5 Å². The van der Waals surface area contributed by atoms with Gasteiger partial charge in [-0.15, -0.1) is 0 Å². The summed E-state index contributed by atoms with van der Waals surface area (Å²) in [6.07, 6.45) is 1.62. The number of aromatic nitrogens is 1. The lowest BCUT2D eigenvalue weighted by atomic mass is 10.4. The summed E-state index contributed by atoms with van der Waals surface area (Å²) in [5, 5.41) is 14.1. The van der Waals surface area contributed by atoms with Crippen LogP contribution in [0.25, 0.3) is 0 Å². The lowest BCUT2D eigenvalue weighted by Gasteiger charge is -2.05. The van der Waals surface area contributed by atoms with Gasteiger partial charge in [0.05, 0.1) is 25.0 Å². The molecule has 0 bridgehead atoms. The molecule has 15 heavy (non-hydrogen) atoms. The molecule has 0 aromatic carbocycles. The number of nitrogens with one attached hydrogen (secondary N) is 1. The second-order valence-corrected chi connectivity index (χ2v) is 2.76. The lowest BCUT2D eigenvalue weighted by Crippen LogP contribution is -2.22. The highest BCUT2D eigenvalue weighted by atomic mass is 16.5. The first-order valence-corrected chi connectivity index (χ1v) is 4.55. The number of rotatable bonds is 5. The summed E-state index contributed by atoms with van der Waals surface area (Å²) in [7, 11) is 0. The fourth-order valence-corrected chi connectivity index (χ4v) is 0.946. The van der Waals surface area contributed by atoms with Crippen LogP contribution in [0.5, 0.6) is 5.88 Å². The van der Waals surface area contributed by atoms with Crippen molar-refractivity contribution in [3.63, 3.8) is 0 Å². The number of hydrogen-bond donors (Lipinski definition) is 3. The van der Waals surface area contributed by atoms with Crippen molar-refractivity contribution in [1.82, 2.24) is 4.98 Å². The van der Waals surface area contributed by atoms with E-state index in [0.717, 1.165) is 5.69 Å². The van der Waals surface area contributed by atoms with E-state index in [-0.39, 0.29) is 12.4 Å². The highest BCUT2D eigenvalue weighted by Gasteiger charge is 1.96. The van der Waals surface area contributed by atoms with Gasteiger partial charge in [0.15, 0.2) is 5.84 Å². The molecule has 1 aromatic rings. The number of nitrogens with two attached hydrogens (primary N) is 1. The summed E-state index contributed by atoms with van der Waals surface area (Å²) in [5.74, 6) is 0.690. The van der Waals surface area contributed by atoms with Crippen molar-refractivity contribution in [3.8, 4) is 5.88 Å². The molecule has 0 aliphatic rings. The number of pyridine rings is 1. The molecule has 0 amide bonds. The number of hydrogen-bond acceptors (Lipinski definition) is 5. The maximum Gasteiger partial charge on any atom is 0.213 e. The first kappa shape index (κ1) is 11.1. The Morgan fingerprint density at radius 2 is 2.47 bits per heavy atom. The van der Waals surface area contributed by atoms with E-state index in [1.54, 1.807) is 12.3 Å². The Morgan fingerprint density at radius 3 is 3.00 bits per heavy atom. The SMILES string of the molecule is CCOc1ccc(NCC(N)=NO)cn1. The highest BCUT2D eigenvalue weighted by molar-refractivity contribution is 5.83. The summed E-state index contributed by atoms with van der Waals surface area (Å²) in [4.78, 5) is 4.04. The normalized spacial score (nSPS) is 11.1. The van der Waals surface area contributed by atoms with Crippen LogP contribution in [0.2, 0.25) is 0 Å². The smallest absolute Gasteiger partial charge is 0.213 e. The van der Waals surface area contributed by atoms with E-state index in [1.807, 2.05) is 13.0 Å². The third-order valence-electron chi connectivity index (χ3n) is 1.63. The minimum atomic E-state index is 0.115. The van der Waals surface area contributed by atoms with E-state index in [0.29, 0.717) is 12.5 Å². The number of oxime groups is 1. The molecule has 0 atom stereocenters. The van der Waals surface area contributed by atoms with Gasteiger partial charge in [-0.05, 0) is 13.0 Å². The monoisotopic (exact) mass is 210 g/mol. The molecular weight excluding hydrogens is 196 g/mol. The van der Waals surface area contributed by atoms with Gasteiger partial charge in [0.2, 0.25) is 5.88 Å². The summed E-state index contributed by atoms with van der Waals surface area (Å²) in [6, 6.07) is 3.56. The Bertz CT molecular complexity index is 323. The average molecular weight is 210 g/mol. The van der Waals surface area contributed by atoms with Crippen LogP contribution in [-0.2, 0) is 0 Å². The average Bonchev–Trinajstić information content (AvgIpc) is 2.28. The van der Waals surface area contributed by atoms with E-state index in [2.05, 4.69) is 15.5 Å². The first-order chi connectivity index (χ1) is 7.26. The van der Waals surface area contributed by atoms with Gasteiger partial charge in [-0.25, -0.2) is 4.98 Å². The molecule has 0 aliphatic carbocycles. The van der Waals surface area contributed by atoms with Gasteiger partial charge in [-0.3, -0.25) is 0 Å². The maximum absolute atomic E-state index is 8.31. The Labute approximate surface area is 87.8 Å². The van der Waals surface area contributed by atoms with Crippen molar-refractivity contribution in [2.45, 2.75) is 6.92 Å². The van der Waals surface area contributed by atoms with Gasteiger partial charge >= 0.3 is 0 Å². The van der Waals surface area contributed by atoms with Gasteiger partial charge in [0.1, 0.15) is 0 Å². The molecule has 6 nitrogen and oxygen atoms in total. The molecule has 0 unspecified atom stereocenters. The largest absolute Gasteiger partial charge is 0.478 e. The van der Waals surface area contributed by atoms with Crippen LogP contribution in [0.3, 0.4) is 0 Å². The summed E-state index contributed by atoms with van der Waals surface area (Å²) in [6.45, 7) is 2.75. The Kier molecular flexibility index (Phi) is 4.21. The molecule has 0 spiro atoms. The predicted octanol–water partition coefficient (Wildman–Crippen LogP) is 0.639.